The molecule has 0 saturated carbocycles. The fourth-order valence-corrected chi connectivity index (χ4v) is 3.50. The Morgan fingerprint density at radius 3 is 2.68 bits per heavy atom. The van der Waals surface area contributed by atoms with E-state index in [0.717, 1.165) is 31.2 Å². The summed E-state index contributed by atoms with van der Waals surface area (Å²) in [4.78, 5) is 38.8. The maximum absolute atomic E-state index is 12.7. The highest BCUT2D eigenvalue weighted by molar-refractivity contribution is 5.92. The third kappa shape index (κ3) is 6.34. The molecule has 2 rings (SSSR count). The van der Waals surface area contributed by atoms with Crippen LogP contribution in [-0.2, 0) is 20.8 Å². The number of carbonyl (C=O) groups excluding carboxylic acids is 3. The lowest BCUT2D eigenvalue weighted by Crippen LogP contribution is -2.54. The second-order valence-electron chi connectivity index (χ2n) is 7.18. The minimum Gasteiger partial charge on any atom is -0.354 e. The normalized spacial score (nSPS) is 17.2. The van der Waals surface area contributed by atoms with Gasteiger partial charge in [0.25, 0.3) is 0 Å². The maximum atomic E-state index is 12.7. The first-order valence-electron chi connectivity index (χ1n) is 10.2. The van der Waals surface area contributed by atoms with Crippen LogP contribution in [0.4, 0.5) is 0 Å². The van der Waals surface area contributed by atoms with Gasteiger partial charge in [-0.25, -0.2) is 0 Å². The highest BCUT2D eigenvalue weighted by Gasteiger charge is 2.35. The molecule has 3 amide bonds. The molecule has 154 valence electrons. The number of nitrogens with two attached hydrogens (primary N) is 1. The highest BCUT2D eigenvalue weighted by atomic mass is 16.2. The molecule has 28 heavy (non-hydrogen) atoms. The maximum Gasteiger partial charge on any atom is 0.243 e. The first kappa shape index (κ1) is 21.9. The summed E-state index contributed by atoms with van der Waals surface area (Å²) in [5, 5.41) is 5.79. The number of unbranched alkanes of at least 4 members (excludes halogenated alkanes) is 1. The Bertz CT molecular complexity index is 650. The van der Waals surface area contributed by atoms with Crippen molar-refractivity contribution in [3.63, 3.8) is 0 Å². The summed E-state index contributed by atoms with van der Waals surface area (Å²) in [6, 6.07) is 8.82. The highest BCUT2D eigenvalue weighted by Crippen LogP contribution is 2.17. The van der Waals surface area contributed by atoms with Gasteiger partial charge < -0.3 is 21.3 Å². The number of rotatable bonds is 10. The number of hydrogen-bond acceptors (Lipinski definition) is 4. The molecule has 1 aliphatic rings. The van der Waals surface area contributed by atoms with Crippen LogP contribution in [0.25, 0.3) is 0 Å². The molecule has 7 heteroatoms. The van der Waals surface area contributed by atoms with Crippen LogP contribution in [0.5, 0.6) is 0 Å². The van der Waals surface area contributed by atoms with E-state index < -0.39 is 12.1 Å². The predicted molar refractivity (Wildman–Crippen MR) is 108 cm³/mol. The molecular weight excluding hydrogens is 356 g/mol. The van der Waals surface area contributed by atoms with E-state index in [9.17, 15) is 14.4 Å². The van der Waals surface area contributed by atoms with Gasteiger partial charge in [0, 0.05) is 13.1 Å². The lowest BCUT2D eigenvalue weighted by Gasteiger charge is -2.26. The molecule has 1 saturated heterocycles. The quantitative estimate of drug-likeness (QED) is 0.555. The second kappa shape index (κ2) is 11.4. The molecule has 1 fully saturated rings. The van der Waals surface area contributed by atoms with Crippen LogP contribution in [0.2, 0.25) is 0 Å². The Hall–Kier alpha value is -2.41. The second-order valence-corrected chi connectivity index (χ2v) is 7.18. The van der Waals surface area contributed by atoms with E-state index in [1.807, 2.05) is 37.3 Å². The summed E-state index contributed by atoms with van der Waals surface area (Å²) in [6.45, 7) is 2.99. The zero-order chi connectivity index (χ0) is 20.4. The number of likely N-dealkylation sites (tertiary alicyclic amines) is 1. The van der Waals surface area contributed by atoms with E-state index in [2.05, 4.69) is 10.6 Å². The Morgan fingerprint density at radius 2 is 2.00 bits per heavy atom. The summed E-state index contributed by atoms with van der Waals surface area (Å²) in [5.74, 6) is -0.666. The van der Waals surface area contributed by atoms with Gasteiger partial charge in [-0.15, -0.1) is 0 Å². The third-order valence-electron chi connectivity index (χ3n) is 5.09. The molecule has 4 N–H and O–H groups in total. The summed E-state index contributed by atoms with van der Waals surface area (Å²) >= 11 is 0. The number of nitrogens with zero attached hydrogens (tertiary/aromatic N) is 1. The smallest absolute Gasteiger partial charge is 0.243 e. The molecule has 7 nitrogen and oxygen atoms in total. The average Bonchev–Trinajstić information content (AvgIpc) is 3.21. The summed E-state index contributed by atoms with van der Waals surface area (Å²) in [5.41, 5.74) is 6.60. The molecule has 1 aliphatic heterocycles. The monoisotopic (exact) mass is 388 g/mol. The summed E-state index contributed by atoms with van der Waals surface area (Å²) in [6.07, 6.45) is 4.47. The number of carbonyl (C=O) groups is 3. The van der Waals surface area contributed by atoms with Crippen molar-refractivity contribution >= 4 is 17.7 Å². The van der Waals surface area contributed by atoms with Gasteiger partial charge in [-0.3, -0.25) is 14.4 Å². The topological polar surface area (TPSA) is 105 Å². The van der Waals surface area contributed by atoms with Crippen LogP contribution >= 0.6 is 0 Å². The largest absolute Gasteiger partial charge is 0.354 e. The molecule has 1 aromatic rings. The lowest BCUT2D eigenvalue weighted by atomic mass is 10.1. The molecule has 2 atom stereocenters. The third-order valence-corrected chi connectivity index (χ3v) is 5.09. The fourth-order valence-electron chi connectivity index (χ4n) is 3.50. The SMILES string of the molecule is CCCCC(NC(=O)[C@@H]1CCCN1C(=O)CN)C(=O)NCCc1ccccc1. The van der Waals surface area contributed by atoms with Crippen molar-refractivity contribution in [3.8, 4) is 0 Å². The molecule has 1 unspecified atom stereocenters. The molecule has 1 aromatic carbocycles. The minimum atomic E-state index is -0.585. The first-order valence-corrected chi connectivity index (χ1v) is 10.2. The van der Waals surface area contributed by atoms with Gasteiger partial charge >= 0.3 is 0 Å². The van der Waals surface area contributed by atoms with Crippen molar-refractivity contribution in [2.24, 2.45) is 5.73 Å². The molecule has 0 bridgehead atoms. The van der Waals surface area contributed by atoms with E-state index in [-0.39, 0.29) is 24.3 Å². The van der Waals surface area contributed by atoms with Crippen LogP contribution in [0.1, 0.15) is 44.6 Å². The molecule has 0 aromatic heterocycles. The number of nitrogens with one attached hydrogen (secondary N) is 2. The van der Waals surface area contributed by atoms with Crippen LogP contribution in [0.3, 0.4) is 0 Å². The van der Waals surface area contributed by atoms with E-state index in [4.69, 9.17) is 5.73 Å². The van der Waals surface area contributed by atoms with Gasteiger partial charge in [0.1, 0.15) is 12.1 Å². The standard InChI is InChI=1S/C21H32N4O3/c1-2-3-10-17(20(27)23-13-12-16-8-5-4-6-9-16)24-21(28)18-11-7-14-25(18)19(26)15-22/h4-6,8-9,17-18H,2-3,7,10-15,22H2,1H3,(H,23,27)(H,24,28)/t17?,18-/m0/s1. The Morgan fingerprint density at radius 1 is 1.25 bits per heavy atom. The van der Waals surface area contributed by atoms with E-state index in [0.29, 0.717) is 25.9 Å². The van der Waals surface area contributed by atoms with Crippen molar-refractivity contribution in [2.45, 2.75) is 57.5 Å². The zero-order valence-corrected chi connectivity index (χ0v) is 16.7. The van der Waals surface area contributed by atoms with Gasteiger partial charge in [0.2, 0.25) is 17.7 Å². The van der Waals surface area contributed by atoms with Gasteiger partial charge in [0.15, 0.2) is 0 Å². The van der Waals surface area contributed by atoms with Crippen LogP contribution in [0, 0.1) is 0 Å². The van der Waals surface area contributed by atoms with Crippen molar-refractivity contribution in [3.05, 3.63) is 35.9 Å². The van der Waals surface area contributed by atoms with E-state index in [1.54, 1.807) is 0 Å². The first-order chi connectivity index (χ1) is 13.6. The zero-order valence-electron chi connectivity index (χ0n) is 16.7. The van der Waals surface area contributed by atoms with Gasteiger partial charge in [-0.1, -0.05) is 50.1 Å². The molecule has 0 radical (unpaired) electrons. The lowest BCUT2D eigenvalue weighted by molar-refractivity contribution is -0.138. The van der Waals surface area contributed by atoms with Crippen molar-refractivity contribution in [2.75, 3.05) is 19.6 Å². The molecular formula is C21H32N4O3. The number of benzene rings is 1. The molecule has 0 aliphatic carbocycles. The Kier molecular flexibility index (Phi) is 8.94. The molecule has 1 heterocycles. The van der Waals surface area contributed by atoms with E-state index >= 15 is 0 Å². The number of amides is 3. The summed E-state index contributed by atoms with van der Waals surface area (Å²) in [7, 11) is 0. The van der Waals surface area contributed by atoms with Gasteiger partial charge in [-0.2, -0.15) is 0 Å². The van der Waals surface area contributed by atoms with Crippen LogP contribution in [0.15, 0.2) is 30.3 Å². The Labute approximate surface area is 167 Å². The van der Waals surface area contributed by atoms with E-state index in [1.165, 1.54) is 4.90 Å². The Balaban J connectivity index is 1.91. The number of hydrogen-bond donors (Lipinski definition) is 3. The summed E-state index contributed by atoms with van der Waals surface area (Å²) < 4.78 is 0. The van der Waals surface area contributed by atoms with Crippen molar-refractivity contribution < 1.29 is 14.4 Å². The van der Waals surface area contributed by atoms with Crippen molar-refractivity contribution in [1.82, 2.24) is 15.5 Å². The van der Waals surface area contributed by atoms with Gasteiger partial charge in [-0.05, 0) is 31.2 Å². The average molecular weight is 389 g/mol. The molecule has 0 spiro atoms. The predicted octanol–water partition coefficient (Wildman–Crippen LogP) is 0.970. The van der Waals surface area contributed by atoms with Gasteiger partial charge in [0.05, 0.1) is 6.54 Å². The minimum absolute atomic E-state index is 0.108. The van der Waals surface area contributed by atoms with Crippen molar-refractivity contribution in [1.29, 1.82) is 0 Å². The fraction of sp³-hybridized carbons (Fsp3) is 0.571. The van der Waals surface area contributed by atoms with Crippen LogP contribution in [-0.4, -0.2) is 54.3 Å². The van der Waals surface area contributed by atoms with Crippen LogP contribution < -0.4 is 16.4 Å².